The first kappa shape index (κ1) is 14.8. The van der Waals surface area contributed by atoms with Crippen molar-refractivity contribution in [2.24, 2.45) is 0 Å². The first-order chi connectivity index (χ1) is 8.51. The van der Waals surface area contributed by atoms with Gasteiger partial charge in [0.05, 0.1) is 10.6 Å². The standard InChI is InChI=1S/C13H20ClN3O/c1-5-6-17(9(2)3)13(18)10-7-12(15-4)16-8-11(10)14/h7-9H,5-6H2,1-4H3,(H,15,16). The molecule has 0 unspecified atom stereocenters. The highest BCUT2D eigenvalue weighted by Crippen LogP contribution is 2.20. The number of nitrogens with one attached hydrogen (secondary N) is 1. The molecule has 0 aliphatic heterocycles. The first-order valence-corrected chi connectivity index (χ1v) is 6.53. The number of hydrogen-bond acceptors (Lipinski definition) is 3. The zero-order valence-corrected chi connectivity index (χ0v) is 12.1. The number of carbonyl (C=O) groups is 1. The molecular weight excluding hydrogens is 250 g/mol. The zero-order valence-electron chi connectivity index (χ0n) is 11.3. The van der Waals surface area contributed by atoms with Gasteiger partial charge in [-0.15, -0.1) is 0 Å². The molecule has 5 heteroatoms. The number of aromatic nitrogens is 1. The molecule has 4 nitrogen and oxygen atoms in total. The molecule has 0 fully saturated rings. The molecule has 1 aromatic heterocycles. The van der Waals surface area contributed by atoms with Crippen LogP contribution in [0.15, 0.2) is 12.3 Å². The molecule has 1 N–H and O–H groups in total. The van der Waals surface area contributed by atoms with Crippen LogP contribution in [-0.2, 0) is 0 Å². The van der Waals surface area contributed by atoms with Gasteiger partial charge in [-0.2, -0.15) is 0 Å². The lowest BCUT2D eigenvalue weighted by Gasteiger charge is -2.26. The van der Waals surface area contributed by atoms with Gasteiger partial charge >= 0.3 is 0 Å². The van der Waals surface area contributed by atoms with Crippen molar-refractivity contribution in [3.8, 4) is 0 Å². The second kappa shape index (κ2) is 6.59. The smallest absolute Gasteiger partial charge is 0.255 e. The van der Waals surface area contributed by atoms with Gasteiger partial charge in [0, 0.05) is 25.8 Å². The largest absolute Gasteiger partial charge is 0.373 e. The van der Waals surface area contributed by atoms with Crippen LogP contribution in [0.5, 0.6) is 0 Å². The van der Waals surface area contributed by atoms with Gasteiger partial charge in [-0.25, -0.2) is 4.98 Å². The third-order valence-corrected chi connectivity index (χ3v) is 2.99. The number of anilines is 1. The number of carbonyl (C=O) groups excluding carboxylic acids is 1. The van der Waals surface area contributed by atoms with Crippen molar-refractivity contribution in [1.82, 2.24) is 9.88 Å². The summed E-state index contributed by atoms with van der Waals surface area (Å²) in [6, 6.07) is 1.84. The van der Waals surface area contributed by atoms with Crippen LogP contribution in [-0.4, -0.2) is 35.4 Å². The van der Waals surface area contributed by atoms with E-state index in [1.807, 2.05) is 18.7 Å². The number of pyridine rings is 1. The van der Waals surface area contributed by atoms with Gasteiger partial charge in [0.25, 0.3) is 5.91 Å². The lowest BCUT2D eigenvalue weighted by atomic mass is 10.2. The normalized spacial score (nSPS) is 10.6. The van der Waals surface area contributed by atoms with E-state index < -0.39 is 0 Å². The van der Waals surface area contributed by atoms with Crippen LogP contribution in [0.2, 0.25) is 5.02 Å². The Morgan fingerprint density at radius 1 is 1.56 bits per heavy atom. The minimum absolute atomic E-state index is 0.0456. The van der Waals surface area contributed by atoms with Crippen LogP contribution in [0.1, 0.15) is 37.6 Å². The Labute approximate surface area is 113 Å². The summed E-state index contributed by atoms with van der Waals surface area (Å²) in [4.78, 5) is 18.3. The van der Waals surface area contributed by atoms with Gasteiger partial charge in [-0.3, -0.25) is 4.79 Å². The Bertz CT molecular complexity index is 421. The summed E-state index contributed by atoms with van der Waals surface area (Å²) in [7, 11) is 1.76. The molecule has 0 bridgehead atoms. The quantitative estimate of drug-likeness (QED) is 0.894. The van der Waals surface area contributed by atoms with Crippen molar-refractivity contribution < 1.29 is 4.79 Å². The summed E-state index contributed by atoms with van der Waals surface area (Å²) < 4.78 is 0. The molecule has 0 saturated heterocycles. The van der Waals surface area contributed by atoms with Gasteiger partial charge in [-0.05, 0) is 26.3 Å². The van der Waals surface area contributed by atoms with Gasteiger partial charge in [0.1, 0.15) is 5.82 Å². The first-order valence-electron chi connectivity index (χ1n) is 6.15. The van der Waals surface area contributed by atoms with Crippen LogP contribution in [0.3, 0.4) is 0 Å². The summed E-state index contributed by atoms with van der Waals surface area (Å²) in [5.41, 5.74) is 0.498. The molecule has 1 rings (SSSR count). The average Bonchev–Trinajstić information content (AvgIpc) is 2.35. The molecule has 0 aliphatic carbocycles. The molecule has 0 radical (unpaired) electrons. The second-order valence-corrected chi connectivity index (χ2v) is 4.80. The van der Waals surface area contributed by atoms with Crippen LogP contribution >= 0.6 is 11.6 Å². The summed E-state index contributed by atoms with van der Waals surface area (Å²) >= 11 is 6.06. The third-order valence-electron chi connectivity index (χ3n) is 2.69. The van der Waals surface area contributed by atoms with E-state index in [-0.39, 0.29) is 11.9 Å². The van der Waals surface area contributed by atoms with Gasteiger partial charge in [0.15, 0.2) is 0 Å². The molecule has 0 spiro atoms. The molecule has 1 aromatic rings. The van der Waals surface area contributed by atoms with E-state index in [9.17, 15) is 4.79 Å². The summed E-state index contributed by atoms with van der Waals surface area (Å²) in [5, 5.41) is 3.30. The third kappa shape index (κ3) is 3.35. The lowest BCUT2D eigenvalue weighted by Crippen LogP contribution is -2.37. The molecular formula is C13H20ClN3O. The fourth-order valence-corrected chi connectivity index (χ4v) is 1.91. The number of hydrogen-bond donors (Lipinski definition) is 1. The highest BCUT2D eigenvalue weighted by atomic mass is 35.5. The van der Waals surface area contributed by atoms with Crippen molar-refractivity contribution in [2.45, 2.75) is 33.2 Å². The minimum atomic E-state index is -0.0456. The van der Waals surface area contributed by atoms with Crippen molar-refractivity contribution >= 4 is 23.3 Å². The molecule has 0 atom stereocenters. The van der Waals surface area contributed by atoms with Crippen LogP contribution in [0.25, 0.3) is 0 Å². The maximum Gasteiger partial charge on any atom is 0.255 e. The van der Waals surface area contributed by atoms with E-state index in [0.717, 1.165) is 13.0 Å². The Morgan fingerprint density at radius 2 is 2.22 bits per heavy atom. The summed E-state index contributed by atoms with van der Waals surface area (Å²) in [6.45, 7) is 6.78. The Balaban J connectivity index is 3.07. The van der Waals surface area contributed by atoms with Crippen LogP contribution in [0.4, 0.5) is 5.82 Å². The van der Waals surface area contributed by atoms with E-state index in [4.69, 9.17) is 11.6 Å². The minimum Gasteiger partial charge on any atom is -0.373 e. The molecule has 100 valence electrons. The van der Waals surface area contributed by atoms with Gasteiger partial charge in [0.2, 0.25) is 0 Å². The van der Waals surface area contributed by atoms with E-state index in [1.54, 1.807) is 13.1 Å². The molecule has 1 heterocycles. The molecule has 0 aromatic carbocycles. The Morgan fingerprint density at radius 3 is 2.72 bits per heavy atom. The predicted molar refractivity (Wildman–Crippen MR) is 75.3 cm³/mol. The van der Waals surface area contributed by atoms with Crippen molar-refractivity contribution in [3.05, 3.63) is 22.8 Å². The Hall–Kier alpha value is -1.29. The maximum atomic E-state index is 12.5. The predicted octanol–water partition coefficient (Wildman–Crippen LogP) is 3.04. The number of amides is 1. The number of halogens is 1. The topological polar surface area (TPSA) is 45.2 Å². The molecule has 0 saturated carbocycles. The molecule has 0 aliphatic rings. The second-order valence-electron chi connectivity index (χ2n) is 4.39. The number of nitrogens with zero attached hydrogens (tertiary/aromatic N) is 2. The van der Waals surface area contributed by atoms with E-state index in [2.05, 4.69) is 17.2 Å². The molecule has 18 heavy (non-hydrogen) atoms. The number of rotatable bonds is 5. The summed E-state index contributed by atoms with van der Waals surface area (Å²) in [5.74, 6) is 0.596. The maximum absolute atomic E-state index is 12.5. The monoisotopic (exact) mass is 269 g/mol. The summed E-state index contributed by atoms with van der Waals surface area (Å²) in [6.07, 6.45) is 2.43. The van der Waals surface area contributed by atoms with Crippen molar-refractivity contribution in [1.29, 1.82) is 0 Å². The lowest BCUT2D eigenvalue weighted by molar-refractivity contribution is 0.0706. The van der Waals surface area contributed by atoms with Gasteiger partial charge < -0.3 is 10.2 Å². The van der Waals surface area contributed by atoms with E-state index >= 15 is 0 Å². The fraction of sp³-hybridized carbons (Fsp3) is 0.538. The van der Waals surface area contributed by atoms with Crippen molar-refractivity contribution in [2.75, 3.05) is 18.9 Å². The highest BCUT2D eigenvalue weighted by Gasteiger charge is 2.20. The molecule has 1 amide bonds. The fourth-order valence-electron chi connectivity index (χ4n) is 1.73. The zero-order chi connectivity index (χ0) is 13.7. The van der Waals surface area contributed by atoms with Gasteiger partial charge in [-0.1, -0.05) is 18.5 Å². The van der Waals surface area contributed by atoms with E-state index in [1.165, 1.54) is 6.20 Å². The average molecular weight is 270 g/mol. The van der Waals surface area contributed by atoms with Crippen LogP contribution in [0, 0.1) is 0 Å². The van der Waals surface area contributed by atoms with E-state index in [0.29, 0.717) is 16.4 Å². The van der Waals surface area contributed by atoms with Crippen molar-refractivity contribution in [3.63, 3.8) is 0 Å². The SMILES string of the molecule is CCCN(C(=O)c1cc(NC)ncc1Cl)C(C)C. The Kier molecular flexibility index (Phi) is 5.41. The van der Waals surface area contributed by atoms with Crippen LogP contribution < -0.4 is 5.32 Å². The highest BCUT2D eigenvalue weighted by molar-refractivity contribution is 6.33.